The molecule has 0 saturated heterocycles. The maximum atomic E-state index is 9.98. The van der Waals surface area contributed by atoms with Gasteiger partial charge in [-0.3, -0.25) is 0 Å². The lowest BCUT2D eigenvalue weighted by atomic mass is 10.2. The summed E-state index contributed by atoms with van der Waals surface area (Å²) < 4.78 is 0. The molecule has 0 amide bonds. The maximum Gasteiger partial charge on any atom is 0.328 e. The first-order chi connectivity index (χ1) is 5.77. The number of hydrogen-bond acceptors (Lipinski definition) is 1. The SMILES string of the molecule is CCCCCC#C/C=C/C(=O)O. The van der Waals surface area contributed by atoms with Crippen LogP contribution in [0.15, 0.2) is 12.2 Å². The van der Waals surface area contributed by atoms with Crippen LogP contribution in [0.3, 0.4) is 0 Å². The summed E-state index contributed by atoms with van der Waals surface area (Å²) in [6, 6.07) is 0. The molecule has 2 nitrogen and oxygen atoms in total. The Bertz CT molecular complexity index is 206. The molecule has 66 valence electrons. The van der Waals surface area contributed by atoms with E-state index in [9.17, 15) is 4.79 Å². The minimum Gasteiger partial charge on any atom is -0.478 e. The van der Waals surface area contributed by atoms with Gasteiger partial charge in [-0.2, -0.15) is 0 Å². The van der Waals surface area contributed by atoms with Crippen LogP contribution in [0.25, 0.3) is 0 Å². The Morgan fingerprint density at radius 1 is 1.50 bits per heavy atom. The number of carbonyl (C=O) groups is 1. The second-order valence-electron chi connectivity index (χ2n) is 2.45. The van der Waals surface area contributed by atoms with Gasteiger partial charge in [0.05, 0.1) is 0 Å². The Labute approximate surface area is 73.3 Å². The van der Waals surface area contributed by atoms with E-state index in [1.807, 2.05) is 0 Å². The zero-order chi connectivity index (χ0) is 9.23. The highest BCUT2D eigenvalue weighted by Crippen LogP contribution is 1.96. The lowest BCUT2D eigenvalue weighted by Crippen LogP contribution is -1.84. The average Bonchev–Trinajstić information content (AvgIpc) is 2.02. The third-order valence-corrected chi connectivity index (χ3v) is 1.32. The number of aliphatic carboxylic acids is 1. The zero-order valence-electron chi connectivity index (χ0n) is 7.34. The Morgan fingerprint density at radius 2 is 2.25 bits per heavy atom. The van der Waals surface area contributed by atoms with E-state index in [2.05, 4.69) is 18.8 Å². The predicted octanol–water partition coefficient (Wildman–Crippen LogP) is 2.21. The fourth-order valence-electron chi connectivity index (χ4n) is 0.707. The highest BCUT2D eigenvalue weighted by molar-refractivity contribution is 5.80. The molecule has 0 aliphatic rings. The van der Waals surface area contributed by atoms with Gasteiger partial charge in [0.2, 0.25) is 0 Å². The molecule has 0 rings (SSSR count). The fraction of sp³-hybridized carbons (Fsp3) is 0.500. The van der Waals surface area contributed by atoms with Crippen molar-refractivity contribution in [2.45, 2.75) is 32.6 Å². The van der Waals surface area contributed by atoms with Crippen molar-refractivity contribution in [1.82, 2.24) is 0 Å². The summed E-state index contributed by atoms with van der Waals surface area (Å²) in [6.45, 7) is 2.14. The van der Waals surface area contributed by atoms with Crippen molar-refractivity contribution >= 4 is 5.97 Å². The molecule has 2 heteroatoms. The third-order valence-electron chi connectivity index (χ3n) is 1.32. The van der Waals surface area contributed by atoms with Crippen molar-refractivity contribution in [3.8, 4) is 11.8 Å². The van der Waals surface area contributed by atoms with Gasteiger partial charge in [-0.25, -0.2) is 4.79 Å². The second-order valence-corrected chi connectivity index (χ2v) is 2.45. The molecule has 1 N–H and O–H groups in total. The predicted molar refractivity (Wildman–Crippen MR) is 48.7 cm³/mol. The van der Waals surface area contributed by atoms with Crippen LogP contribution in [0.1, 0.15) is 32.6 Å². The molecule has 12 heavy (non-hydrogen) atoms. The standard InChI is InChI=1S/C10H14O2/c1-2-3-4-5-6-7-8-9-10(11)12/h8-9H,2-5H2,1H3,(H,11,12)/b9-8+. The maximum absolute atomic E-state index is 9.98. The summed E-state index contributed by atoms with van der Waals surface area (Å²) >= 11 is 0. The summed E-state index contributed by atoms with van der Waals surface area (Å²) in [5, 5.41) is 8.20. The largest absolute Gasteiger partial charge is 0.478 e. The molecule has 0 spiro atoms. The second kappa shape index (κ2) is 7.87. The van der Waals surface area contributed by atoms with E-state index in [1.165, 1.54) is 18.9 Å². The lowest BCUT2D eigenvalue weighted by Gasteiger charge is -1.87. The fourth-order valence-corrected chi connectivity index (χ4v) is 0.707. The Kier molecular flexibility index (Phi) is 7.07. The summed E-state index contributed by atoms with van der Waals surface area (Å²) in [7, 11) is 0. The van der Waals surface area contributed by atoms with Gasteiger partial charge in [-0.15, -0.1) is 0 Å². The van der Waals surface area contributed by atoms with Gasteiger partial charge in [0.15, 0.2) is 0 Å². The smallest absolute Gasteiger partial charge is 0.328 e. The van der Waals surface area contributed by atoms with Crippen LogP contribution in [0, 0.1) is 11.8 Å². The van der Waals surface area contributed by atoms with Crippen LogP contribution in [0.2, 0.25) is 0 Å². The Morgan fingerprint density at radius 3 is 2.83 bits per heavy atom. The van der Waals surface area contributed by atoms with Crippen molar-refractivity contribution < 1.29 is 9.90 Å². The van der Waals surface area contributed by atoms with Crippen molar-refractivity contribution in [1.29, 1.82) is 0 Å². The van der Waals surface area contributed by atoms with E-state index in [1.54, 1.807) is 0 Å². The number of carboxylic acids is 1. The van der Waals surface area contributed by atoms with Gasteiger partial charge < -0.3 is 5.11 Å². The number of carboxylic acid groups (broad SMARTS) is 1. The molecule has 0 aromatic rings. The van der Waals surface area contributed by atoms with E-state index in [-0.39, 0.29) is 0 Å². The van der Waals surface area contributed by atoms with Crippen molar-refractivity contribution in [2.24, 2.45) is 0 Å². The Balaban J connectivity index is 3.40. The zero-order valence-corrected chi connectivity index (χ0v) is 7.34. The van der Waals surface area contributed by atoms with Crippen LogP contribution < -0.4 is 0 Å². The molecule has 0 atom stereocenters. The van der Waals surface area contributed by atoms with E-state index in [0.717, 1.165) is 18.9 Å². The minimum absolute atomic E-state index is 0.859. The number of rotatable bonds is 4. The van der Waals surface area contributed by atoms with Gasteiger partial charge in [0, 0.05) is 12.5 Å². The van der Waals surface area contributed by atoms with E-state index in [4.69, 9.17) is 5.11 Å². The van der Waals surface area contributed by atoms with Gasteiger partial charge in [-0.05, 0) is 12.5 Å². The summed E-state index contributed by atoms with van der Waals surface area (Å²) in [4.78, 5) is 9.98. The summed E-state index contributed by atoms with van der Waals surface area (Å²) in [6.07, 6.45) is 6.76. The minimum atomic E-state index is -0.946. The number of allylic oxidation sites excluding steroid dienone is 1. The lowest BCUT2D eigenvalue weighted by molar-refractivity contribution is -0.131. The van der Waals surface area contributed by atoms with Crippen LogP contribution >= 0.6 is 0 Å². The monoisotopic (exact) mass is 166 g/mol. The first-order valence-electron chi connectivity index (χ1n) is 4.15. The van der Waals surface area contributed by atoms with Crippen molar-refractivity contribution in [3.05, 3.63) is 12.2 Å². The topological polar surface area (TPSA) is 37.3 Å². The number of hydrogen-bond donors (Lipinski definition) is 1. The van der Waals surface area contributed by atoms with E-state index in [0.29, 0.717) is 0 Å². The highest BCUT2D eigenvalue weighted by Gasteiger charge is 1.81. The molecule has 0 bridgehead atoms. The van der Waals surface area contributed by atoms with Crippen LogP contribution in [-0.4, -0.2) is 11.1 Å². The molecular weight excluding hydrogens is 152 g/mol. The highest BCUT2D eigenvalue weighted by atomic mass is 16.4. The van der Waals surface area contributed by atoms with E-state index < -0.39 is 5.97 Å². The Hall–Kier alpha value is -1.23. The van der Waals surface area contributed by atoms with Gasteiger partial charge in [-0.1, -0.05) is 31.6 Å². The quantitative estimate of drug-likeness (QED) is 0.395. The van der Waals surface area contributed by atoms with Crippen LogP contribution in [0.5, 0.6) is 0 Å². The third kappa shape index (κ3) is 8.77. The van der Waals surface area contributed by atoms with Gasteiger partial charge >= 0.3 is 5.97 Å². The van der Waals surface area contributed by atoms with Gasteiger partial charge in [0.1, 0.15) is 0 Å². The first kappa shape index (κ1) is 10.8. The first-order valence-corrected chi connectivity index (χ1v) is 4.15. The molecule has 0 aliphatic carbocycles. The average molecular weight is 166 g/mol. The normalized spacial score (nSPS) is 9.42. The summed E-state index contributed by atoms with van der Waals surface area (Å²) in [5.74, 6) is 4.59. The van der Waals surface area contributed by atoms with Crippen LogP contribution in [-0.2, 0) is 4.79 Å². The molecule has 0 heterocycles. The van der Waals surface area contributed by atoms with Crippen LogP contribution in [0.4, 0.5) is 0 Å². The van der Waals surface area contributed by atoms with E-state index >= 15 is 0 Å². The molecule has 0 saturated carbocycles. The van der Waals surface area contributed by atoms with Crippen molar-refractivity contribution in [3.63, 3.8) is 0 Å². The molecule has 0 fully saturated rings. The molecule has 0 aromatic heterocycles. The molecule has 0 unspecified atom stereocenters. The molecule has 0 aromatic carbocycles. The molecular formula is C10H14O2. The van der Waals surface area contributed by atoms with Crippen molar-refractivity contribution in [2.75, 3.05) is 0 Å². The molecule has 0 radical (unpaired) electrons. The molecule has 0 aliphatic heterocycles. The number of unbranched alkanes of at least 4 members (excludes halogenated alkanes) is 3. The summed E-state index contributed by atoms with van der Waals surface area (Å²) in [5.41, 5.74) is 0. The van der Waals surface area contributed by atoms with Gasteiger partial charge in [0.25, 0.3) is 0 Å².